The normalized spacial score (nSPS) is 25.3. The van der Waals surface area contributed by atoms with Crippen molar-refractivity contribution in [2.24, 2.45) is 5.92 Å². The number of benzene rings is 1. The highest BCUT2D eigenvalue weighted by Crippen LogP contribution is 2.19. The minimum Gasteiger partial charge on any atom is -0.491 e. The number of aliphatic hydroxyl groups is 1. The molecule has 0 spiro atoms. The van der Waals surface area contributed by atoms with E-state index in [9.17, 15) is 0 Å². The van der Waals surface area contributed by atoms with Crippen LogP contribution in [-0.2, 0) is 4.74 Å². The maximum Gasteiger partial charge on any atom is 0.119 e. The van der Waals surface area contributed by atoms with Crippen molar-refractivity contribution in [3.05, 3.63) is 30.3 Å². The van der Waals surface area contributed by atoms with Crippen LogP contribution < -0.4 is 4.74 Å². The first kappa shape index (κ1) is 11.4. The van der Waals surface area contributed by atoms with E-state index in [0.717, 1.165) is 18.6 Å². The second kappa shape index (κ2) is 5.87. The van der Waals surface area contributed by atoms with Crippen LogP contribution >= 0.6 is 0 Å². The fourth-order valence-corrected chi connectivity index (χ4v) is 1.84. The summed E-state index contributed by atoms with van der Waals surface area (Å²) >= 11 is 0. The summed E-state index contributed by atoms with van der Waals surface area (Å²) in [5.74, 6) is 1.20. The van der Waals surface area contributed by atoms with Gasteiger partial charge in [0.1, 0.15) is 12.4 Å². The van der Waals surface area contributed by atoms with Crippen molar-refractivity contribution < 1.29 is 14.6 Å². The van der Waals surface area contributed by atoms with Crippen molar-refractivity contribution >= 4 is 0 Å². The van der Waals surface area contributed by atoms with Crippen LogP contribution in [0.5, 0.6) is 5.75 Å². The molecule has 1 aromatic rings. The zero-order chi connectivity index (χ0) is 11.2. The molecule has 1 fully saturated rings. The molecule has 3 heteroatoms. The van der Waals surface area contributed by atoms with Gasteiger partial charge in [-0.05, 0) is 25.0 Å². The Bertz CT molecular complexity index is 291. The molecule has 0 aromatic heterocycles. The van der Waals surface area contributed by atoms with Gasteiger partial charge in [-0.2, -0.15) is 0 Å². The van der Waals surface area contributed by atoms with E-state index in [1.54, 1.807) is 0 Å². The molecule has 0 saturated carbocycles. The number of para-hydroxylation sites is 1. The molecule has 3 nitrogen and oxygen atoms in total. The van der Waals surface area contributed by atoms with Crippen LogP contribution in [0.2, 0.25) is 0 Å². The topological polar surface area (TPSA) is 38.7 Å². The summed E-state index contributed by atoms with van der Waals surface area (Å²) in [6, 6.07) is 9.77. The Morgan fingerprint density at radius 2 is 2.06 bits per heavy atom. The number of hydrogen-bond acceptors (Lipinski definition) is 3. The van der Waals surface area contributed by atoms with Crippen molar-refractivity contribution in [3.8, 4) is 5.75 Å². The quantitative estimate of drug-likeness (QED) is 0.845. The molecule has 16 heavy (non-hydrogen) atoms. The zero-order valence-corrected chi connectivity index (χ0v) is 9.34. The Morgan fingerprint density at radius 1 is 1.25 bits per heavy atom. The molecule has 0 amide bonds. The van der Waals surface area contributed by atoms with Crippen LogP contribution in [0.4, 0.5) is 0 Å². The van der Waals surface area contributed by atoms with Crippen molar-refractivity contribution in [1.29, 1.82) is 0 Å². The molecule has 0 bridgehead atoms. The third-order valence-electron chi connectivity index (χ3n) is 2.90. The van der Waals surface area contributed by atoms with E-state index in [1.165, 1.54) is 0 Å². The first-order valence-corrected chi connectivity index (χ1v) is 5.79. The Balaban J connectivity index is 1.72. The van der Waals surface area contributed by atoms with Crippen molar-refractivity contribution in [2.45, 2.75) is 18.9 Å². The Labute approximate surface area is 96.0 Å². The lowest BCUT2D eigenvalue weighted by Gasteiger charge is -2.27. The first-order chi connectivity index (χ1) is 7.88. The summed E-state index contributed by atoms with van der Waals surface area (Å²) in [7, 11) is 0. The summed E-state index contributed by atoms with van der Waals surface area (Å²) in [6.45, 7) is 1.48. The van der Waals surface area contributed by atoms with Gasteiger partial charge in [0.15, 0.2) is 0 Å². The number of ether oxygens (including phenoxy) is 2. The van der Waals surface area contributed by atoms with E-state index >= 15 is 0 Å². The molecule has 1 N–H and O–H groups in total. The van der Waals surface area contributed by atoms with Crippen molar-refractivity contribution in [3.63, 3.8) is 0 Å². The Hall–Kier alpha value is -1.06. The van der Waals surface area contributed by atoms with Crippen LogP contribution in [0.25, 0.3) is 0 Å². The predicted octanol–water partition coefficient (Wildman–Crippen LogP) is 1.85. The molecule has 0 unspecified atom stereocenters. The highest BCUT2D eigenvalue weighted by atomic mass is 16.5. The minimum absolute atomic E-state index is 0.169. The minimum atomic E-state index is 0.169. The molecule has 1 saturated heterocycles. The molecule has 1 aliphatic heterocycles. The van der Waals surface area contributed by atoms with Crippen molar-refractivity contribution in [2.75, 3.05) is 19.8 Å². The fraction of sp³-hybridized carbons (Fsp3) is 0.538. The maximum atomic E-state index is 8.97. The predicted molar refractivity (Wildman–Crippen MR) is 61.5 cm³/mol. The molecule has 1 heterocycles. The highest BCUT2D eigenvalue weighted by molar-refractivity contribution is 5.20. The molecule has 88 valence electrons. The van der Waals surface area contributed by atoms with E-state index in [4.69, 9.17) is 14.6 Å². The van der Waals surface area contributed by atoms with Gasteiger partial charge in [-0.3, -0.25) is 0 Å². The van der Waals surface area contributed by atoms with Crippen molar-refractivity contribution in [1.82, 2.24) is 0 Å². The van der Waals surface area contributed by atoms with Crippen LogP contribution in [0.1, 0.15) is 12.8 Å². The average molecular weight is 222 g/mol. The first-order valence-electron chi connectivity index (χ1n) is 5.79. The molecule has 2 atom stereocenters. The monoisotopic (exact) mass is 222 g/mol. The van der Waals surface area contributed by atoms with E-state index in [-0.39, 0.29) is 12.7 Å². The average Bonchev–Trinajstić information content (AvgIpc) is 2.38. The van der Waals surface area contributed by atoms with E-state index in [2.05, 4.69) is 0 Å². The lowest BCUT2D eigenvalue weighted by molar-refractivity contribution is -0.0484. The molecule has 1 aliphatic rings. The number of hydrogen-bond donors (Lipinski definition) is 1. The smallest absolute Gasteiger partial charge is 0.119 e. The van der Waals surface area contributed by atoms with Crippen LogP contribution in [0.15, 0.2) is 30.3 Å². The van der Waals surface area contributed by atoms with Gasteiger partial charge in [0, 0.05) is 12.5 Å². The lowest BCUT2D eigenvalue weighted by Crippen LogP contribution is -2.31. The molecule has 0 radical (unpaired) electrons. The summed E-state index contributed by atoms with van der Waals surface area (Å²) in [5, 5.41) is 8.97. The van der Waals surface area contributed by atoms with E-state index in [0.29, 0.717) is 19.1 Å². The molecule has 2 rings (SSSR count). The second-order valence-corrected chi connectivity index (χ2v) is 4.21. The summed E-state index contributed by atoms with van der Waals surface area (Å²) < 4.78 is 11.2. The summed E-state index contributed by atoms with van der Waals surface area (Å²) in [4.78, 5) is 0. The highest BCUT2D eigenvalue weighted by Gasteiger charge is 2.21. The molecule has 1 aromatic carbocycles. The van der Waals surface area contributed by atoms with Gasteiger partial charge in [0.25, 0.3) is 0 Å². The van der Waals surface area contributed by atoms with E-state index in [1.807, 2.05) is 30.3 Å². The Morgan fingerprint density at radius 3 is 2.69 bits per heavy atom. The lowest BCUT2D eigenvalue weighted by atomic mass is 10.00. The number of rotatable bonds is 4. The standard InChI is InChI=1S/C13H18O3/c14-8-11-6-7-13(15-9-11)10-16-12-4-2-1-3-5-12/h1-5,11,13-14H,6-10H2/t11-,13+/m0/s1. The largest absolute Gasteiger partial charge is 0.491 e. The molecular weight excluding hydrogens is 204 g/mol. The van der Waals surface area contributed by atoms with Gasteiger partial charge in [0.05, 0.1) is 12.7 Å². The molecule has 0 aliphatic carbocycles. The maximum absolute atomic E-state index is 8.97. The van der Waals surface area contributed by atoms with Gasteiger partial charge in [-0.25, -0.2) is 0 Å². The number of aliphatic hydroxyl groups excluding tert-OH is 1. The molecular formula is C13H18O3. The summed E-state index contributed by atoms with van der Waals surface area (Å²) in [5.41, 5.74) is 0. The van der Waals surface area contributed by atoms with Crippen LogP contribution in [0.3, 0.4) is 0 Å². The third-order valence-corrected chi connectivity index (χ3v) is 2.90. The van der Waals surface area contributed by atoms with Crippen LogP contribution in [-0.4, -0.2) is 31.0 Å². The second-order valence-electron chi connectivity index (χ2n) is 4.21. The van der Waals surface area contributed by atoms with Gasteiger partial charge in [-0.1, -0.05) is 18.2 Å². The van der Waals surface area contributed by atoms with Gasteiger partial charge in [0.2, 0.25) is 0 Å². The van der Waals surface area contributed by atoms with Gasteiger partial charge >= 0.3 is 0 Å². The van der Waals surface area contributed by atoms with E-state index < -0.39 is 0 Å². The van der Waals surface area contributed by atoms with Gasteiger partial charge < -0.3 is 14.6 Å². The van der Waals surface area contributed by atoms with Crippen LogP contribution in [0, 0.1) is 5.92 Å². The fourth-order valence-electron chi connectivity index (χ4n) is 1.84. The Kier molecular flexibility index (Phi) is 4.19. The third kappa shape index (κ3) is 3.22. The zero-order valence-electron chi connectivity index (χ0n) is 9.34. The summed E-state index contributed by atoms with van der Waals surface area (Å²) in [6.07, 6.45) is 2.17. The van der Waals surface area contributed by atoms with Gasteiger partial charge in [-0.15, -0.1) is 0 Å². The SMILES string of the molecule is OC[C@@H]1CC[C@H](COc2ccccc2)OC1.